The highest BCUT2D eigenvalue weighted by molar-refractivity contribution is 9.10. The number of carbonyl (C=O) groups is 1. The van der Waals surface area contributed by atoms with E-state index < -0.39 is 5.92 Å². The Kier molecular flexibility index (Phi) is 5.72. The summed E-state index contributed by atoms with van der Waals surface area (Å²) in [6.07, 6.45) is 1.15. The molecule has 8 heteroatoms. The monoisotopic (exact) mass is 437 g/mol. The minimum atomic E-state index is -0.400. The summed E-state index contributed by atoms with van der Waals surface area (Å²) in [6, 6.07) is 5.59. The summed E-state index contributed by atoms with van der Waals surface area (Å²) >= 11 is 4.97. The van der Waals surface area contributed by atoms with Crippen LogP contribution in [0.5, 0.6) is 5.75 Å². The van der Waals surface area contributed by atoms with E-state index in [1.807, 2.05) is 25.2 Å². The zero-order valence-electron chi connectivity index (χ0n) is 14.8. The lowest BCUT2D eigenvalue weighted by Gasteiger charge is -2.28. The van der Waals surface area contributed by atoms with Crippen LogP contribution in [-0.2, 0) is 11.8 Å². The molecule has 2 heterocycles. The van der Waals surface area contributed by atoms with Crippen molar-refractivity contribution >= 4 is 39.4 Å². The molecule has 0 saturated heterocycles. The van der Waals surface area contributed by atoms with Crippen LogP contribution >= 0.6 is 27.7 Å². The van der Waals surface area contributed by atoms with E-state index in [4.69, 9.17) is 4.74 Å². The van der Waals surface area contributed by atoms with E-state index in [-0.39, 0.29) is 17.9 Å². The number of aromatic nitrogens is 2. The number of hydrogen-bond donors (Lipinski definition) is 1. The Balaban J connectivity index is 2.19. The van der Waals surface area contributed by atoms with Crippen molar-refractivity contribution in [2.24, 2.45) is 7.05 Å². The van der Waals surface area contributed by atoms with Gasteiger partial charge in [-0.1, -0.05) is 34.6 Å². The Morgan fingerprint density at radius 2 is 2.19 bits per heavy atom. The van der Waals surface area contributed by atoms with Gasteiger partial charge >= 0.3 is 0 Å². The standard InChI is InChI=1S/C18H20BrN3O3S/c1-4-7-26-18-21-17(24)15-12(9-14(23)20-16(15)22(18)2)11-8-10(19)5-6-13(11)25-3/h5-6,8,12H,4,7,9H2,1-3H3,(H,20,23)/t12-/m1/s1. The molecule has 0 fully saturated rings. The Morgan fingerprint density at radius 1 is 1.42 bits per heavy atom. The molecule has 0 saturated carbocycles. The maximum Gasteiger partial charge on any atom is 0.279 e. The molecule has 6 nitrogen and oxygen atoms in total. The number of nitrogens with zero attached hydrogens (tertiary/aromatic N) is 2. The van der Waals surface area contributed by atoms with Gasteiger partial charge in [0.2, 0.25) is 5.91 Å². The number of amides is 1. The van der Waals surface area contributed by atoms with Gasteiger partial charge in [0.05, 0.1) is 12.7 Å². The number of benzene rings is 1. The van der Waals surface area contributed by atoms with Crippen molar-refractivity contribution in [3.63, 3.8) is 0 Å². The molecule has 1 amide bonds. The van der Waals surface area contributed by atoms with Gasteiger partial charge in [-0.3, -0.25) is 9.59 Å². The maximum atomic E-state index is 12.8. The molecule has 138 valence electrons. The number of fused-ring (bicyclic) bond motifs is 1. The molecule has 0 bridgehead atoms. The molecule has 26 heavy (non-hydrogen) atoms. The normalized spacial score (nSPS) is 16.2. The molecule has 0 aliphatic carbocycles. The first kappa shape index (κ1) is 19.0. The number of carbonyl (C=O) groups excluding carboxylic acids is 1. The van der Waals surface area contributed by atoms with Crippen LogP contribution in [0.15, 0.2) is 32.6 Å². The first-order chi connectivity index (χ1) is 12.5. The number of ether oxygens (including phenoxy) is 1. The Bertz CT molecular complexity index is 913. The van der Waals surface area contributed by atoms with Crippen molar-refractivity contribution < 1.29 is 9.53 Å². The predicted octanol–water partition coefficient (Wildman–Crippen LogP) is 3.53. The van der Waals surface area contributed by atoms with E-state index in [0.717, 1.165) is 22.2 Å². The molecule has 0 radical (unpaired) electrons. The van der Waals surface area contributed by atoms with Gasteiger partial charge in [-0.15, -0.1) is 0 Å². The van der Waals surface area contributed by atoms with Crippen molar-refractivity contribution in [3.8, 4) is 5.75 Å². The summed E-state index contributed by atoms with van der Waals surface area (Å²) in [5.41, 5.74) is 0.999. The van der Waals surface area contributed by atoms with Gasteiger partial charge in [0.25, 0.3) is 5.56 Å². The average molecular weight is 438 g/mol. The Labute approximate surface area is 164 Å². The van der Waals surface area contributed by atoms with Crippen LogP contribution < -0.4 is 15.6 Å². The van der Waals surface area contributed by atoms with E-state index in [1.165, 1.54) is 11.8 Å². The SMILES string of the molecule is CCCSc1nc(=O)c2c(n1C)NC(=O)C[C@@H]2c1cc(Br)ccc1OC. The zero-order chi connectivity index (χ0) is 18.8. The fraction of sp³-hybridized carbons (Fsp3) is 0.389. The second-order valence-corrected chi connectivity index (χ2v) is 8.04. The summed E-state index contributed by atoms with van der Waals surface area (Å²) in [7, 11) is 3.40. The van der Waals surface area contributed by atoms with Crippen LogP contribution in [0.1, 0.15) is 36.8 Å². The Morgan fingerprint density at radius 3 is 2.88 bits per heavy atom. The minimum absolute atomic E-state index is 0.128. The highest BCUT2D eigenvalue weighted by Gasteiger charge is 2.33. The zero-order valence-corrected chi connectivity index (χ0v) is 17.2. The Hall–Kier alpha value is -1.80. The second kappa shape index (κ2) is 7.84. The van der Waals surface area contributed by atoms with Crippen molar-refractivity contribution in [2.75, 3.05) is 18.2 Å². The van der Waals surface area contributed by atoms with E-state index >= 15 is 0 Å². The molecule has 1 aliphatic heterocycles. The third-order valence-corrected chi connectivity index (χ3v) is 6.03. The van der Waals surface area contributed by atoms with Crippen molar-refractivity contribution in [2.45, 2.75) is 30.8 Å². The van der Waals surface area contributed by atoms with Crippen LogP contribution in [0.4, 0.5) is 5.82 Å². The largest absolute Gasteiger partial charge is 0.496 e. The average Bonchev–Trinajstić information content (AvgIpc) is 2.62. The van der Waals surface area contributed by atoms with Crippen molar-refractivity contribution in [1.29, 1.82) is 0 Å². The summed E-state index contributed by atoms with van der Waals surface area (Å²) < 4.78 is 8.12. The van der Waals surface area contributed by atoms with Gasteiger partial charge < -0.3 is 14.6 Å². The lowest BCUT2D eigenvalue weighted by atomic mass is 9.86. The number of halogens is 1. The van der Waals surface area contributed by atoms with Crippen LogP contribution in [0, 0.1) is 0 Å². The summed E-state index contributed by atoms with van der Waals surface area (Å²) in [6.45, 7) is 2.07. The third-order valence-electron chi connectivity index (χ3n) is 4.30. The quantitative estimate of drug-likeness (QED) is 0.571. The highest BCUT2D eigenvalue weighted by Crippen LogP contribution is 2.40. The smallest absolute Gasteiger partial charge is 0.279 e. The first-order valence-electron chi connectivity index (χ1n) is 8.33. The molecule has 1 N–H and O–H groups in total. The molecule has 1 aromatic carbocycles. The van der Waals surface area contributed by atoms with E-state index in [2.05, 4.69) is 33.2 Å². The van der Waals surface area contributed by atoms with Gasteiger partial charge in [0, 0.05) is 35.2 Å². The second-order valence-electron chi connectivity index (χ2n) is 6.06. The number of anilines is 1. The summed E-state index contributed by atoms with van der Waals surface area (Å²) in [5, 5.41) is 3.46. The number of thioether (sulfide) groups is 1. The lowest BCUT2D eigenvalue weighted by molar-refractivity contribution is -0.116. The highest BCUT2D eigenvalue weighted by atomic mass is 79.9. The summed E-state index contributed by atoms with van der Waals surface area (Å²) in [4.78, 5) is 29.5. The van der Waals surface area contributed by atoms with E-state index in [9.17, 15) is 9.59 Å². The van der Waals surface area contributed by atoms with E-state index in [0.29, 0.717) is 22.3 Å². The molecule has 1 aromatic heterocycles. The predicted molar refractivity (Wildman–Crippen MR) is 106 cm³/mol. The maximum absolute atomic E-state index is 12.8. The van der Waals surface area contributed by atoms with Crippen LogP contribution in [0.2, 0.25) is 0 Å². The van der Waals surface area contributed by atoms with Crippen LogP contribution in [0.25, 0.3) is 0 Å². The van der Waals surface area contributed by atoms with Gasteiger partial charge in [-0.2, -0.15) is 4.98 Å². The number of methoxy groups -OCH3 is 1. The molecular weight excluding hydrogens is 418 g/mol. The minimum Gasteiger partial charge on any atom is -0.496 e. The van der Waals surface area contributed by atoms with Crippen LogP contribution in [-0.4, -0.2) is 28.3 Å². The molecule has 0 unspecified atom stereocenters. The van der Waals surface area contributed by atoms with Crippen molar-refractivity contribution in [3.05, 3.63) is 44.2 Å². The molecule has 3 rings (SSSR count). The van der Waals surface area contributed by atoms with Gasteiger partial charge in [-0.25, -0.2) is 0 Å². The number of rotatable bonds is 5. The molecule has 2 aromatic rings. The number of nitrogens with one attached hydrogen (secondary N) is 1. The first-order valence-corrected chi connectivity index (χ1v) is 10.1. The molecule has 1 atom stereocenters. The fourth-order valence-corrected chi connectivity index (χ4v) is 4.30. The van der Waals surface area contributed by atoms with Crippen LogP contribution in [0.3, 0.4) is 0 Å². The van der Waals surface area contributed by atoms with Gasteiger partial charge in [0.15, 0.2) is 5.16 Å². The number of hydrogen-bond acceptors (Lipinski definition) is 5. The lowest BCUT2D eigenvalue weighted by Crippen LogP contribution is -2.33. The topological polar surface area (TPSA) is 73.2 Å². The van der Waals surface area contributed by atoms with Gasteiger partial charge in [-0.05, 0) is 24.6 Å². The fourth-order valence-electron chi connectivity index (χ4n) is 3.10. The molecule has 1 aliphatic rings. The molecule has 0 spiro atoms. The van der Waals surface area contributed by atoms with Crippen molar-refractivity contribution in [1.82, 2.24) is 9.55 Å². The van der Waals surface area contributed by atoms with E-state index in [1.54, 1.807) is 11.7 Å². The third kappa shape index (κ3) is 3.53. The van der Waals surface area contributed by atoms with Gasteiger partial charge in [0.1, 0.15) is 11.6 Å². The summed E-state index contributed by atoms with van der Waals surface area (Å²) in [5.74, 6) is 1.49. The molecular formula is C18H20BrN3O3S.